The first-order chi connectivity index (χ1) is 10.6. The molecule has 6 heteroatoms. The van der Waals surface area contributed by atoms with Gasteiger partial charge in [0.2, 0.25) is 0 Å². The molecule has 1 unspecified atom stereocenters. The van der Waals surface area contributed by atoms with Crippen LogP contribution < -0.4 is 20.1 Å². The van der Waals surface area contributed by atoms with E-state index in [4.69, 9.17) is 21.1 Å². The molecule has 0 saturated heterocycles. The molecule has 1 aromatic rings. The standard InChI is InChI=1S/C16H24ClN3O2/c1-4-11(3)20-16(18-5-2)19-10-12-8-13(17)15-14(9-12)21-6-7-22-15/h8-9,11H,4-7,10H2,1-3H3,(H2,18,19,20). The molecule has 1 heterocycles. The van der Waals surface area contributed by atoms with Gasteiger partial charge in [0.25, 0.3) is 0 Å². The van der Waals surface area contributed by atoms with E-state index in [9.17, 15) is 0 Å². The van der Waals surface area contributed by atoms with E-state index in [1.807, 2.05) is 12.1 Å². The minimum absolute atomic E-state index is 0.377. The molecule has 1 aromatic carbocycles. The van der Waals surface area contributed by atoms with Gasteiger partial charge in [0, 0.05) is 12.6 Å². The van der Waals surface area contributed by atoms with E-state index >= 15 is 0 Å². The van der Waals surface area contributed by atoms with Gasteiger partial charge in [0.15, 0.2) is 17.5 Å². The zero-order valence-corrected chi connectivity index (χ0v) is 14.2. The molecule has 0 radical (unpaired) electrons. The molecule has 0 bridgehead atoms. The maximum absolute atomic E-state index is 6.25. The van der Waals surface area contributed by atoms with Gasteiger partial charge in [0.1, 0.15) is 13.2 Å². The quantitative estimate of drug-likeness (QED) is 0.645. The number of nitrogens with one attached hydrogen (secondary N) is 2. The minimum Gasteiger partial charge on any atom is -0.486 e. The lowest BCUT2D eigenvalue weighted by molar-refractivity contribution is 0.171. The highest BCUT2D eigenvalue weighted by Gasteiger charge is 2.16. The number of fused-ring (bicyclic) bond motifs is 1. The molecular formula is C16H24ClN3O2. The maximum atomic E-state index is 6.25. The molecule has 0 saturated carbocycles. The van der Waals surface area contributed by atoms with E-state index in [1.54, 1.807) is 0 Å². The third-order valence-corrected chi connectivity index (χ3v) is 3.70. The van der Waals surface area contributed by atoms with E-state index in [0.717, 1.165) is 24.5 Å². The third-order valence-electron chi connectivity index (χ3n) is 3.42. The Kier molecular flexibility index (Phi) is 6.19. The van der Waals surface area contributed by atoms with E-state index in [0.29, 0.717) is 42.3 Å². The summed E-state index contributed by atoms with van der Waals surface area (Å²) >= 11 is 6.25. The molecular weight excluding hydrogens is 302 g/mol. The molecule has 1 aliphatic heterocycles. The van der Waals surface area contributed by atoms with Crippen molar-refractivity contribution in [3.05, 3.63) is 22.7 Å². The Bertz CT molecular complexity index is 534. The Morgan fingerprint density at radius 3 is 2.82 bits per heavy atom. The van der Waals surface area contributed by atoms with E-state index in [-0.39, 0.29) is 0 Å². The second-order valence-electron chi connectivity index (χ2n) is 5.25. The molecule has 0 spiro atoms. The highest BCUT2D eigenvalue weighted by Crippen LogP contribution is 2.38. The number of ether oxygens (including phenoxy) is 2. The van der Waals surface area contributed by atoms with E-state index < -0.39 is 0 Å². The first kappa shape index (κ1) is 16.7. The second kappa shape index (κ2) is 8.13. The third kappa shape index (κ3) is 4.44. The Labute approximate surface area is 137 Å². The number of aliphatic imine (C=N–C) groups is 1. The highest BCUT2D eigenvalue weighted by molar-refractivity contribution is 6.32. The van der Waals surface area contributed by atoms with Crippen LogP contribution >= 0.6 is 11.6 Å². The Balaban J connectivity index is 2.11. The van der Waals surface area contributed by atoms with Crippen LogP contribution in [0.15, 0.2) is 17.1 Å². The number of nitrogens with zero attached hydrogens (tertiary/aromatic N) is 1. The zero-order chi connectivity index (χ0) is 15.9. The fraction of sp³-hybridized carbons (Fsp3) is 0.562. The van der Waals surface area contributed by atoms with Crippen LogP contribution in [0.5, 0.6) is 11.5 Å². The van der Waals surface area contributed by atoms with Crippen molar-refractivity contribution in [1.82, 2.24) is 10.6 Å². The van der Waals surface area contributed by atoms with Gasteiger partial charge in [-0.1, -0.05) is 18.5 Å². The number of benzene rings is 1. The molecule has 1 atom stereocenters. The van der Waals surface area contributed by atoms with E-state index in [2.05, 4.69) is 36.4 Å². The first-order valence-electron chi connectivity index (χ1n) is 7.76. The van der Waals surface area contributed by atoms with Crippen LogP contribution in [0, 0.1) is 0 Å². The van der Waals surface area contributed by atoms with Gasteiger partial charge < -0.3 is 20.1 Å². The zero-order valence-electron chi connectivity index (χ0n) is 13.4. The summed E-state index contributed by atoms with van der Waals surface area (Å²) in [5.74, 6) is 2.14. The number of hydrogen-bond acceptors (Lipinski definition) is 3. The molecule has 2 rings (SSSR count). The average molecular weight is 326 g/mol. The molecule has 0 aromatic heterocycles. The lowest BCUT2D eigenvalue weighted by atomic mass is 10.2. The average Bonchev–Trinajstić information content (AvgIpc) is 2.52. The summed E-state index contributed by atoms with van der Waals surface area (Å²) < 4.78 is 11.1. The lowest BCUT2D eigenvalue weighted by Gasteiger charge is -2.20. The topological polar surface area (TPSA) is 54.9 Å². The Morgan fingerprint density at radius 2 is 2.09 bits per heavy atom. The van der Waals surface area contributed by atoms with Gasteiger partial charge in [-0.3, -0.25) is 0 Å². The highest BCUT2D eigenvalue weighted by atomic mass is 35.5. The summed E-state index contributed by atoms with van der Waals surface area (Å²) in [7, 11) is 0. The Morgan fingerprint density at radius 1 is 1.32 bits per heavy atom. The smallest absolute Gasteiger partial charge is 0.191 e. The monoisotopic (exact) mass is 325 g/mol. The van der Waals surface area contributed by atoms with Crippen LogP contribution in [0.3, 0.4) is 0 Å². The van der Waals surface area contributed by atoms with Crippen LogP contribution in [0.4, 0.5) is 0 Å². The van der Waals surface area contributed by atoms with Crippen LogP contribution in [-0.4, -0.2) is 31.8 Å². The SMILES string of the molecule is CCNC(=NCc1cc(Cl)c2c(c1)OCCO2)NC(C)CC. The van der Waals surface area contributed by atoms with Crippen molar-refractivity contribution in [2.75, 3.05) is 19.8 Å². The summed E-state index contributed by atoms with van der Waals surface area (Å²) in [5.41, 5.74) is 0.996. The van der Waals surface area contributed by atoms with Gasteiger partial charge in [-0.05, 0) is 38.0 Å². The predicted octanol–water partition coefficient (Wildman–Crippen LogP) is 2.96. The molecule has 5 nitrogen and oxygen atoms in total. The van der Waals surface area contributed by atoms with Crippen LogP contribution in [0.1, 0.15) is 32.8 Å². The molecule has 0 fully saturated rings. The number of hydrogen-bond donors (Lipinski definition) is 2. The van der Waals surface area contributed by atoms with Crippen molar-refractivity contribution in [3.63, 3.8) is 0 Å². The van der Waals surface area contributed by atoms with Gasteiger partial charge in [-0.15, -0.1) is 0 Å². The van der Waals surface area contributed by atoms with Crippen molar-refractivity contribution in [2.24, 2.45) is 4.99 Å². The van der Waals surface area contributed by atoms with Crippen LogP contribution in [0.2, 0.25) is 5.02 Å². The predicted molar refractivity (Wildman–Crippen MR) is 90.1 cm³/mol. The summed E-state index contributed by atoms with van der Waals surface area (Å²) in [6, 6.07) is 4.20. The number of rotatable bonds is 5. The first-order valence-corrected chi connectivity index (χ1v) is 8.14. The van der Waals surface area contributed by atoms with Crippen molar-refractivity contribution in [2.45, 2.75) is 39.8 Å². The number of guanidine groups is 1. The van der Waals surface area contributed by atoms with Gasteiger partial charge in [-0.2, -0.15) is 0 Å². The van der Waals surface area contributed by atoms with Crippen molar-refractivity contribution < 1.29 is 9.47 Å². The fourth-order valence-corrected chi connectivity index (χ4v) is 2.37. The van der Waals surface area contributed by atoms with Crippen molar-refractivity contribution >= 4 is 17.6 Å². The number of halogens is 1. The molecule has 2 N–H and O–H groups in total. The second-order valence-corrected chi connectivity index (χ2v) is 5.66. The van der Waals surface area contributed by atoms with Crippen molar-refractivity contribution in [1.29, 1.82) is 0 Å². The van der Waals surface area contributed by atoms with Gasteiger partial charge >= 0.3 is 0 Å². The molecule has 22 heavy (non-hydrogen) atoms. The fourth-order valence-electron chi connectivity index (χ4n) is 2.08. The summed E-state index contributed by atoms with van der Waals surface area (Å²) in [6.07, 6.45) is 1.04. The summed E-state index contributed by atoms with van der Waals surface area (Å²) in [5, 5.41) is 7.18. The maximum Gasteiger partial charge on any atom is 0.191 e. The summed E-state index contributed by atoms with van der Waals surface area (Å²) in [6.45, 7) is 8.76. The molecule has 0 amide bonds. The van der Waals surface area contributed by atoms with Gasteiger partial charge in [0.05, 0.1) is 11.6 Å². The van der Waals surface area contributed by atoms with Crippen LogP contribution in [0.25, 0.3) is 0 Å². The Hall–Kier alpha value is -1.62. The summed E-state index contributed by atoms with van der Waals surface area (Å²) in [4.78, 5) is 4.60. The minimum atomic E-state index is 0.377. The lowest BCUT2D eigenvalue weighted by Crippen LogP contribution is -2.41. The molecule has 1 aliphatic rings. The van der Waals surface area contributed by atoms with Crippen molar-refractivity contribution in [3.8, 4) is 11.5 Å². The normalized spacial score (nSPS) is 15.4. The largest absolute Gasteiger partial charge is 0.486 e. The molecule has 0 aliphatic carbocycles. The van der Waals surface area contributed by atoms with Crippen LogP contribution in [-0.2, 0) is 6.54 Å². The van der Waals surface area contributed by atoms with Gasteiger partial charge in [-0.25, -0.2) is 4.99 Å². The van der Waals surface area contributed by atoms with E-state index in [1.165, 1.54) is 0 Å². The molecule has 122 valence electrons.